The van der Waals surface area contributed by atoms with Gasteiger partial charge in [-0.2, -0.15) is 12.8 Å². The highest BCUT2D eigenvalue weighted by molar-refractivity contribution is 7.90. The number of nitrogens with zero attached hydrogens (tertiary/aromatic N) is 1. The average Bonchev–Trinajstić information content (AvgIpc) is 2.33. The molecule has 0 aliphatic heterocycles. The van der Waals surface area contributed by atoms with Gasteiger partial charge in [0.1, 0.15) is 0 Å². The summed E-state index contributed by atoms with van der Waals surface area (Å²) in [6.07, 6.45) is 6.76. The van der Waals surface area contributed by atoms with Crippen LogP contribution < -0.4 is 0 Å². The number of unbranched alkanes of at least 4 members (excludes halogenated alkanes) is 4. The van der Waals surface area contributed by atoms with Crippen LogP contribution in [0.15, 0.2) is 27.5 Å². The van der Waals surface area contributed by atoms with Gasteiger partial charge in [-0.25, -0.2) is 0 Å². The molecule has 1 rings (SSSR count). The molecule has 0 saturated carbocycles. The van der Waals surface area contributed by atoms with Crippen LogP contribution in [-0.2, 0) is 10.0 Å². The lowest BCUT2D eigenvalue weighted by atomic mass is 10.2. The predicted octanol–water partition coefficient (Wildman–Crippen LogP) is 4.03. The zero-order chi connectivity index (χ0) is 14.3. The van der Waals surface area contributed by atoms with E-state index < -0.39 is 10.0 Å². The van der Waals surface area contributed by atoms with E-state index >= 15 is 0 Å². The summed E-state index contributed by atoms with van der Waals surface area (Å²) < 4.78 is 27.9. The molecule has 3 nitrogen and oxygen atoms in total. The Morgan fingerprint density at radius 3 is 2.53 bits per heavy atom. The Morgan fingerprint density at radius 1 is 1.16 bits per heavy atom. The van der Waals surface area contributed by atoms with Crippen molar-refractivity contribution in [2.24, 2.45) is 4.40 Å². The summed E-state index contributed by atoms with van der Waals surface area (Å²) in [4.78, 5) is 0.308. The first-order chi connectivity index (χ1) is 8.97. The molecule has 0 unspecified atom stereocenters. The molecule has 0 bridgehead atoms. The lowest BCUT2D eigenvalue weighted by Crippen LogP contribution is -2.00. The number of aryl methyl sites for hydroxylation is 2. The van der Waals surface area contributed by atoms with Crippen molar-refractivity contribution < 1.29 is 8.42 Å². The van der Waals surface area contributed by atoms with Gasteiger partial charge in [0, 0.05) is 6.21 Å². The fraction of sp³-hybridized carbons (Fsp3) is 0.533. The molecular formula is C15H23NO2S. The maximum absolute atomic E-state index is 12.1. The maximum Gasteiger partial charge on any atom is 0.282 e. The molecule has 0 saturated heterocycles. The Hall–Kier alpha value is -1.16. The fourth-order valence-electron chi connectivity index (χ4n) is 1.96. The minimum atomic E-state index is -3.53. The SMILES string of the molecule is CCCCCC/C=N/S(=O)(=O)c1ccc(C)cc1C. The van der Waals surface area contributed by atoms with Crippen molar-refractivity contribution in [1.29, 1.82) is 0 Å². The first-order valence-electron chi connectivity index (χ1n) is 6.83. The van der Waals surface area contributed by atoms with Crippen LogP contribution in [0.25, 0.3) is 0 Å². The van der Waals surface area contributed by atoms with Crippen molar-refractivity contribution in [3.05, 3.63) is 29.3 Å². The molecular weight excluding hydrogens is 258 g/mol. The lowest BCUT2D eigenvalue weighted by molar-refractivity contribution is 0.597. The zero-order valence-electron chi connectivity index (χ0n) is 12.0. The third-order valence-electron chi connectivity index (χ3n) is 3.01. The predicted molar refractivity (Wildman–Crippen MR) is 80.4 cm³/mol. The Morgan fingerprint density at radius 2 is 1.89 bits per heavy atom. The van der Waals surface area contributed by atoms with E-state index in [9.17, 15) is 8.42 Å². The van der Waals surface area contributed by atoms with E-state index in [-0.39, 0.29) is 0 Å². The Kier molecular flexibility index (Phi) is 6.22. The van der Waals surface area contributed by atoms with Crippen LogP contribution in [0.5, 0.6) is 0 Å². The van der Waals surface area contributed by atoms with Gasteiger partial charge in [-0.1, -0.05) is 43.9 Å². The number of sulfonamides is 1. The summed E-state index contributed by atoms with van der Waals surface area (Å²) in [5.74, 6) is 0. The summed E-state index contributed by atoms with van der Waals surface area (Å²) in [6, 6.07) is 5.30. The van der Waals surface area contributed by atoms with Gasteiger partial charge in [-0.05, 0) is 38.3 Å². The molecule has 0 aromatic heterocycles. The molecule has 1 aromatic carbocycles. The third-order valence-corrected chi connectivity index (χ3v) is 4.45. The van der Waals surface area contributed by atoms with E-state index in [1.54, 1.807) is 19.1 Å². The van der Waals surface area contributed by atoms with Crippen LogP contribution >= 0.6 is 0 Å². The summed E-state index contributed by atoms with van der Waals surface area (Å²) in [5, 5.41) is 0. The topological polar surface area (TPSA) is 46.5 Å². The quantitative estimate of drug-likeness (QED) is 0.559. The largest absolute Gasteiger partial charge is 0.282 e. The maximum atomic E-state index is 12.1. The Bertz CT molecular complexity index is 533. The zero-order valence-corrected chi connectivity index (χ0v) is 12.8. The molecule has 0 N–H and O–H groups in total. The van der Waals surface area contributed by atoms with Crippen LogP contribution in [0.4, 0.5) is 0 Å². The second kappa shape index (κ2) is 7.43. The Balaban J connectivity index is 2.68. The van der Waals surface area contributed by atoms with E-state index in [1.807, 2.05) is 13.0 Å². The summed E-state index contributed by atoms with van der Waals surface area (Å²) >= 11 is 0. The summed E-state index contributed by atoms with van der Waals surface area (Å²) in [7, 11) is -3.53. The van der Waals surface area contributed by atoms with Gasteiger partial charge >= 0.3 is 0 Å². The van der Waals surface area contributed by atoms with Gasteiger partial charge in [-0.3, -0.25) is 0 Å². The minimum Gasteiger partial charge on any atom is -0.199 e. The summed E-state index contributed by atoms with van der Waals surface area (Å²) in [5.41, 5.74) is 1.81. The molecule has 0 aliphatic carbocycles. The first kappa shape index (κ1) is 15.9. The molecule has 0 radical (unpaired) electrons. The number of hydrogen-bond donors (Lipinski definition) is 0. The molecule has 0 atom stereocenters. The van der Waals surface area contributed by atoms with Gasteiger partial charge < -0.3 is 0 Å². The molecule has 19 heavy (non-hydrogen) atoms. The smallest absolute Gasteiger partial charge is 0.199 e. The molecule has 0 fully saturated rings. The molecule has 0 heterocycles. The minimum absolute atomic E-state index is 0.308. The molecule has 0 spiro atoms. The van der Waals surface area contributed by atoms with Crippen LogP contribution in [0.2, 0.25) is 0 Å². The highest BCUT2D eigenvalue weighted by Crippen LogP contribution is 2.18. The van der Waals surface area contributed by atoms with Crippen molar-refractivity contribution in [2.45, 2.75) is 57.8 Å². The average molecular weight is 281 g/mol. The van der Waals surface area contributed by atoms with E-state index in [2.05, 4.69) is 11.3 Å². The monoisotopic (exact) mass is 281 g/mol. The van der Waals surface area contributed by atoms with Crippen molar-refractivity contribution >= 4 is 16.2 Å². The summed E-state index contributed by atoms with van der Waals surface area (Å²) in [6.45, 7) is 5.90. The molecule has 106 valence electrons. The highest BCUT2D eigenvalue weighted by atomic mass is 32.2. The van der Waals surface area contributed by atoms with Crippen molar-refractivity contribution in [1.82, 2.24) is 0 Å². The van der Waals surface area contributed by atoms with Crippen LogP contribution in [-0.4, -0.2) is 14.6 Å². The van der Waals surface area contributed by atoms with Gasteiger partial charge in [0.25, 0.3) is 10.0 Å². The van der Waals surface area contributed by atoms with E-state index in [4.69, 9.17) is 0 Å². The molecule has 4 heteroatoms. The molecule has 0 amide bonds. The van der Waals surface area contributed by atoms with E-state index in [0.717, 1.165) is 30.4 Å². The second-order valence-electron chi connectivity index (χ2n) is 4.88. The van der Waals surface area contributed by atoms with Crippen LogP contribution in [0.3, 0.4) is 0 Å². The number of rotatable bonds is 7. The van der Waals surface area contributed by atoms with Crippen LogP contribution in [0, 0.1) is 13.8 Å². The molecule has 0 aliphatic rings. The number of hydrogen-bond acceptors (Lipinski definition) is 2. The normalized spacial score (nSPS) is 12.2. The van der Waals surface area contributed by atoms with E-state index in [1.165, 1.54) is 19.1 Å². The standard InChI is InChI=1S/C15H23NO2S/c1-4-5-6-7-8-11-16-19(17,18)15-10-9-13(2)12-14(15)3/h9-12H,4-8H2,1-3H3/b16-11+. The second-order valence-corrected chi connectivity index (χ2v) is 6.48. The first-order valence-corrected chi connectivity index (χ1v) is 8.27. The molecule has 1 aromatic rings. The van der Waals surface area contributed by atoms with E-state index in [0.29, 0.717) is 4.90 Å². The van der Waals surface area contributed by atoms with Gasteiger partial charge in [-0.15, -0.1) is 0 Å². The third kappa shape index (κ3) is 5.15. The Labute approximate surface area is 116 Å². The van der Waals surface area contributed by atoms with Gasteiger partial charge in [0.05, 0.1) is 4.90 Å². The van der Waals surface area contributed by atoms with Crippen molar-refractivity contribution in [3.63, 3.8) is 0 Å². The van der Waals surface area contributed by atoms with Crippen molar-refractivity contribution in [2.75, 3.05) is 0 Å². The van der Waals surface area contributed by atoms with Gasteiger partial charge in [0.15, 0.2) is 0 Å². The van der Waals surface area contributed by atoms with Crippen molar-refractivity contribution in [3.8, 4) is 0 Å². The van der Waals surface area contributed by atoms with Gasteiger partial charge in [0.2, 0.25) is 0 Å². The lowest BCUT2D eigenvalue weighted by Gasteiger charge is -2.04. The number of benzene rings is 1. The fourth-order valence-corrected chi connectivity index (χ4v) is 3.08. The van der Waals surface area contributed by atoms with Crippen LogP contribution in [0.1, 0.15) is 50.2 Å². The highest BCUT2D eigenvalue weighted by Gasteiger charge is 2.14.